The zero-order chi connectivity index (χ0) is 12.1. The Hall–Kier alpha value is -1.47. The first kappa shape index (κ1) is 12.0. The molecule has 0 radical (unpaired) electrons. The molecule has 0 aliphatic heterocycles. The van der Waals surface area contributed by atoms with E-state index in [-0.39, 0.29) is 0 Å². The highest BCUT2D eigenvalue weighted by Crippen LogP contribution is 2.20. The van der Waals surface area contributed by atoms with Gasteiger partial charge < -0.3 is 5.32 Å². The summed E-state index contributed by atoms with van der Waals surface area (Å²) in [7, 11) is 0. The lowest BCUT2D eigenvalue weighted by atomic mass is 10.1. The van der Waals surface area contributed by atoms with Crippen molar-refractivity contribution in [2.24, 2.45) is 0 Å². The van der Waals surface area contributed by atoms with Gasteiger partial charge in [-0.05, 0) is 35.7 Å². The molecular weight excluding hydrogens is 230 g/mol. The van der Waals surface area contributed by atoms with E-state index in [4.69, 9.17) is 11.6 Å². The van der Waals surface area contributed by atoms with Crippen LogP contribution in [0.2, 0.25) is 5.02 Å². The van der Waals surface area contributed by atoms with Crippen molar-refractivity contribution in [1.29, 1.82) is 0 Å². The highest BCUT2D eigenvalue weighted by atomic mass is 35.5. The SMILES string of the molecule is CCc1cc(Cl)cc(NCc2ccccc2)c1. The molecule has 1 N–H and O–H groups in total. The van der Waals surface area contributed by atoms with Crippen LogP contribution in [0.4, 0.5) is 5.69 Å². The number of anilines is 1. The molecule has 0 saturated heterocycles. The van der Waals surface area contributed by atoms with Gasteiger partial charge in [0.15, 0.2) is 0 Å². The van der Waals surface area contributed by atoms with E-state index in [1.807, 2.05) is 30.3 Å². The van der Waals surface area contributed by atoms with E-state index in [1.165, 1.54) is 11.1 Å². The summed E-state index contributed by atoms with van der Waals surface area (Å²) in [6, 6.07) is 16.5. The van der Waals surface area contributed by atoms with E-state index in [0.29, 0.717) is 0 Å². The Balaban J connectivity index is 2.06. The second kappa shape index (κ2) is 5.74. The van der Waals surface area contributed by atoms with Gasteiger partial charge in [-0.25, -0.2) is 0 Å². The van der Waals surface area contributed by atoms with Crippen LogP contribution in [0.25, 0.3) is 0 Å². The summed E-state index contributed by atoms with van der Waals surface area (Å²) in [5.74, 6) is 0. The van der Waals surface area contributed by atoms with Crippen LogP contribution in [0.5, 0.6) is 0 Å². The van der Waals surface area contributed by atoms with Crippen molar-refractivity contribution < 1.29 is 0 Å². The zero-order valence-electron chi connectivity index (χ0n) is 9.91. The predicted molar refractivity (Wildman–Crippen MR) is 74.6 cm³/mol. The van der Waals surface area contributed by atoms with Crippen molar-refractivity contribution in [2.45, 2.75) is 19.9 Å². The molecular formula is C15H16ClN. The number of halogens is 1. The summed E-state index contributed by atoms with van der Waals surface area (Å²) >= 11 is 6.07. The van der Waals surface area contributed by atoms with E-state index in [9.17, 15) is 0 Å². The van der Waals surface area contributed by atoms with Crippen LogP contribution in [0.15, 0.2) is 48.5 Å². The average Bonchev–Trinajstić information content (AvgIpc) is 2.37. The Labute approximate surface area is 107 Å². The van der Waals surface area contributed by atoms with Crippen LogP contribution in [0.3, 0.4) is 0 Å². The van der Waals surface area contributed by atoms with Crippen LogP contribution in [-0.4, -0.2) is 0 Å². The quantitative estimate of drug-likeness (QED) is 0.836. The maximum atomic E-state index is 6.07. The van der Waals surface area contributed by atoms with Gasteiger partial charge in [0.05, 0.1) is 0 Å². The van der Waals surface area contributed by atoms with Gasteiger partial charge in [-0.15, -0.1) is 0 Å². The first-order chi connectivity index (χ1) is 8.28. The highest BCUT2D eigenvalue weighted by molar-refractivity contribution is 6.30. The number of nitrogens with one attached hydrogen (secondary N) is 1. The van der Waals surface area contributed by atoms with Crippen molar-refractivity contribution in [1.82, 2.24) is 0 Å². The Morgan fingerprint density at radius 1 is 1.00 bits per heavy atom. The third-order valence-corrected chi connectivity index (χ3v) is 2.92. The number of hydrogen-bond acceptors (Lipinski definition) is 1. The maximum Gasteiger partial charge on any atom is 0.0429 e. The molecule has 17 heavy (non-hydrogen) atoms. The minimum Gasteiger partial charge on any atom is -0.381 e. The molecule has 0 aliphatic rings. The largest absolute Gasteiger partial charge is 0.381 e. The van der Waals surface area contributed by atoms with E-state index in [1.54, 1.807) is 0 Å². The number of benzene rings is 2. The molecule has 0 bridgehead atoms. The van der Waals surface area contributed by atoms with E-state index < -0.39 is 0 Å². The molecule has 0 aliphatic carbocycles. The lowest BCUT2D eigenvalue weighted by Gasteiger charge is -2.08. The van der Waals surface area contributed by atoms with Crippen LogP contribution in [-0.2, 0) is 13.0 Å². The van der Waals surface area contributed by atoms with Gasteiger partial charge in [-0.1, -0.05) is 48.9 Å². The normalized spacial score (nSPS) is 10.2. The minimum atomic E-state index is 0.792. The van der Waals surface area contributed by atoms with Crippen LogP contribution < -0.4 is 5.32 Å². The third-order valence-electron chi connectivity index (χ3n) is 2.71. The Bertz CT molecular complexity index is 480. The topological polar surface area (TPSA) is 12.0 Å². The van der Waals surface area contributed by atoms with E-state index in [2.05, 4.69) is 30.4 Å². The molecule has 2 aromatic carbocycles. The van der Waals surface area contributed by atoms with Gasteiger partial charge in [0.25, 0.3) is 0 Å². The first-order valence-corrected chi connectivity index (χ1v) is 6.23. The lowest BCUT2D eigenvalue weighted by Crippen LogP contribution is -1.99. The van der Waals surface area contributed by atoms with Gasteiger partial charge in [0, 0.05) is 17.3 Å². The summed E-state index contributed by atoms with van der Waals surface area (Å²) in [5, 5.41) is 4.18. The summed E-state index contributed by atoms with van der Waals surface area (Å²) in [5.41, 5.74) is 3.61. The van der Waals surface area contributed by atoms with Crippen molar-refractivity contribution in [3.8, 4) is 0 Å². The van der Waals surface area contributed by atoms with Crippen molar-refractivity contribution >= 4 is 17.3 Å². The van der Waals surface area contributed by atoms with E-state index in [0.717, 1.165) is 23.7 Å². The van der Waals surface area contributed by atoms with Crippen molar-refractivity contribution in [3.05, 3.63) is 64.7 Å². The summed E-state index contributed by atoms with van der Waals surface area (Å²) in [6.07, 6.45) is 1.00. The fourth-order valence-electron chi connectivity index (χ4n) is 1.76. The molecule has 0 saturated carbocycles. The number of hydrogen-bond donors (Lipinski definition) is 1. The molecule has 0 unspecified atom stereocenters. The van der Waals surface area contributed by atoms with Gasteiger partial charge in [0.1, 0.15) is 0 Å². The van der Waals surface area contributed by atoms with Crippen LogP contribution >= 0.6 is 11.6 Å². The Morgan fingerprint density at radius 2 is 1.76 bits per heavy atom. The number of rotatable bonds is 4. The lowest BCUT2D eigenvalue weighted by molar-refractivity contribution is 1.12. The molecule has 2 rings (SSSR count). The standard InChI is InChI=1S/C15H16ClN/c1-2-12-8-14(16)10-15(9-12)17-11-13-6-4-3-5-7-13/h3-10,17H,2,11H2,1H3. The molecule has 2 heteroatoms. The van der Waals surface area contributed by atoms with Gasteiger partial charge in [-0.3, -0.25) is 0 Å². The third kappa shape index (κ3) is 3.50. The molecule has 2 aromatic rings. The predicted octanol–water partition coefficient (Wildman–Crippen LogP) is 4.51. The summed E-state index contributed by atoms with van der Waals surface area (Å²) in [6.45, 7) is 2.96. The Kier molecular flexibility index (Phi) is 4.05. The first-order valence-electron chi connectivity index (χ1n) is 5.85. The monoisotopic (exact) mass is 245 g/mol. The van der Waals surface area contributed by atoms with E-state index >= 15 is 0 Å². The van der Waals surface area contributed by atoms with Crippen LogP contribution in [0.1, 0.15) is 18.1 Å². The Morgan fingerprint density at radius 3 is 2.47 bits per heavy atom. The minimum absolute atomic E-state index is 0.792. The van der Waals surface area contributed by atoms with Crippen molar-refractivity contribution in [3.63, 3.8) is 0 Å². The smallest absolute Gasteiger partial charge is 0.0429 e. The molecule has 0 amide bonds. The summed E-state index contributed by atoms with van der Waals surface area (Å²) < 4.78 is 0. The molecule has 0 spiro atoms. The van der Waals surface area contributed by atoms with Crippen LogP contribution in [0, 0.1) is 0 Å². The second-order valence-electron chi connectivity index (χ2n) is 4.04. The molecule has 0 aromatic heterocycles. The molecule has 0 fully saturated rings. The second-order valence-corrected chi connectivity index (χ2v) is 4.48. The van der Waals surface area contributed by atoms with Gasteiger partial charge in [-0.2, -0.15) is 0 Å². The number of aryl methyl sites for hydroxylation is 1. The van der Waals surface area contributed by atoms with Gasteiger partial charge in [0.2, 0.25) is 0 Å². The van der Waals surface area contributed by atoms with Gasteiger partial charge >= 0.3 is 0 Å². The fourth-order valence-corrected chi connectivity index (χ4v) is 2.01. The zero-order valence-corrected chi connectivity index (χ0v) is 10.7. The molecule has 1 nitrogen and oxygen atoms in total. The molecule has 88 valence electrons. The average molecular weight is 246 g/mol. The fraction of sp³-hybridized carbons (Fsp3) is 0.200. The molecule has 0 atom stereocenters. The molecule has 0 heterocycles. The maximum absolute atomic E-state index is 6.07. The highest BCUT2D eigenvalue weighted by Gasteiger charge is 1.98. The summed E-state index contributed by atoms with van der Waals surface area (Å²) in [4.78, 5) is 0. The van der Waals surface area contributed by atoms with Crippen molar-refractivity contribution in [2.75, 3.05) is 5.32 Å².